The van der Waals surface area contributed by atoms with Crippen LogP contribution in [0.5, 0.6) is 0 Å². The molecule has 92 valence electrons. The third-order valence-electron chi connectivity index (χ3n) is 4.11. The number of anilines is 1. The molecule has 0 unspecified atom stereocenters. The summed E-state index contributed by atoms with van der Waals surface area (Å²) in [4.78, 5) is 28.2. The molecule has 4 nitrogen and oxygen atoms in total. The van der Waals surface area contributed by atoms with Crippen LogP contribution in [-0.2, 0) is 21.5 Å². The molecule has 0 spiro atoms. The van der Waals surface area contributed by atoms with Crippen molar-refractivity contribution in [1.82, 2.24) is 0 Å². The summed E-state index contributed by atoms with van der Waals surface area (Å²) in [5, 5.41) is 0. The van der Waals surface area contributed by atoms with Crippen molar-refractivity contribution in [3.63, 3.8) is 0 Å². The van der Waals surface area contributed by atoms with E-state index in [1.807, 2.05) is 18.2 Å². The van der Waals surface area contributed by atoms with Gasteiger partial charge in [0.2, 0.25) is 12.0 Å². The van der Waals surface area contributed by atoms with E-state index in [0.717, 1.165) is 36.1 Å². The van der Waals surface area contributed by atoms with Crippen molar-refractivity contribution in [2.24, 2.45) is 4.99 Å². The van der Waals surface area contributed by atoms with Crippen molar-refractivity contribution in [3.8, 4) is 0 Å². The van der Waals surface area contributed by atoms with E-state index >= 15 is 0 Å². The van der Waals surface area contributed by atoms with Gasteiger partial charge in [-0.1, -0.05) is 18.2 Å². The minimum absolute atomic E-state index is 0.0991. The number of hydrogen-bond donors (Lipinski definition) is 0. The number of para-hydroxylation sites is 1. The van der Waals surface area contributed by atoms with Crippen LogP contribution in [0, 0.1) is 0 Å². The Morgan fingerprint density at radius 1 is 1.39 bits per heavy atom. The standard InChI is InChI=1S/C14H14N2O2/c1-16-12(18)8-10-4-2-5-11(13(10)16)14(15-9-17)6-3-7-14/h2,4-5H,3,6-8H2,1H3. The summed E-state index contributed by atoms with van der Waals surface area (Å²) in [5.74, 6) is 0.0991. The molecule has 1 aliphatic heterocycles. The number of nitrogens with zero attached hydrogens (tertiary/aromatic N) is 2. The number of isocyanates is 1. The van der Waals surface area contributed by atoms with Crippen molar-refractivity contribution in [3.05, 3.63) is 29.3 Å². The summed E-state index contributed by atoms with van der Waals surface area (Å²) in [7, 11) is 1.79. The predicted molar refractivity (Wildman–Crippen MR) is 67.2 cm³/mol. The Balaban J connectivity index is 2.17. The Labute approximate surface area is 105 Å². The van der Waals surface area contributed by atoms with Gasteiger partial charge in [0, 0.05) is 12.6 Å². The molecule has 4 heteroatoms. The first-order valence-corrected chi connectivity index (χ1v) is 6.16. The van der Waals surface area contributed by atoms with Gasteiger partial charge in [-0.25, -0.2) is 4.79 Å². The molecule has 1 aromatic carbocycles. The number of aliphatic imine (C=N–C) groups is 1. The number of amides is 1. The van der Waals surface area contributed by atoms with Gasteiger partial charge < -0.3 is 4.90 Å². The highest BCUT2D eigenvalue weighted by Gasteiger charge is 2.43. The maximum Gasteiger partial charge on any atom is 0.235 e. The van der Waals surface area contributed by atoms with Crippen LogP contribution in [0.15, 0.2) is 23.2 Å². The number of hydrogen-bond acceptors (Lipinski definition) is 3. The maximum absolute atomic E-state index is 11.8. The first-order valence-electron chi connectivity index (χ1n) is 6.16. The fraction of sp³-hybridized carbons (Fsp3) is 0.429. The molecule has 0 atom stereocenters. The molecule has 1 saturated carbocycles. The number of rotatable bonds is 2. The average Bonchev–Trinajstić information content (AvgIpc) is 2.60. The lowest BCUT2D eigenvalue weighted by atomic mass is 9.71. The predicted octanol–water partition coefficient (Wildman–Crippen LogP) is 1.92. The minimum atomic E-state index is -0.439. The zero-order valence-electron chi connectivity index (χ0n) is 10.3. The summed E-state index contributed by atoms with van der Waals surface area (Å²) in [6.07, 6.45) is 4.93. The Bertz CT molecular complexity index is 569. The molecular weight excluding hydrogens is 228 g/mol. The average molecular weight is 242 g/mol. The van der Waals surface area contributed by atoms with E-state index in [9.17, 15) is 9.59 Å². The van der Waals surface area contributed by atoms with Crippen LogP contribution in [0.25, 0.3) is 0 Å². The highest BCUT2D eigenvalue weighted by Crippen LogP contribution is 2.49. The molecule has 1 aliphatic carbocycles. The summed E-state index contributed by atoms with van der Waals surface area (Å²) in [6, 6.07) is 5.89. The second-order valence-electron chi connectivity index (χ2n) is 5.03. The molecule has 2 aliphatic rings. The largest absolute Gasteiger partial charge is 0.315 e. The van der Waals surface area contributed by atoms with E-state index in [2.05, 4.69) is 4.99 Å². The van der Waals surface area contributed by atoms with Crippen LogP contribution in [0.1, 0.15) is 30.4 Å². The topological polar surface area (TPSA) is 49.7 Å². The Hall–Kier alpha value is -1.93. The van der Waals surface area contributed by atoms with Crippen molar-refractivity contribution in [1.29, 1.82) is 0 Å². The smallest absolute Gasteiger partial charge is 0.235 e. The van der Waals surface area contributed by atoms with Crippen LogP contribution in [-0.4, -0.2) is 19.0 Å². The SMILES string of the molecule is CN1C(=O)Cc2cccc(C3(N=C=O)CCC3)c21. The quantitative estimate of drug-likeness (QED) is 0.587. The lowest BCUT2D eigenvalue weighted by Gasteiger charge is -2.39. The maximum atomic E-state index is 11.8. The zero-order valence-corrected chi connectivity index (χ0v) is 10.3. The van der Waals surface area contributed by atoms with Crippen molar-refractivity contribution in [2.45, 2.75) is 31.2 Å². The van der Waals surface area contributed by atoms with Crippen LogP contribution in [0.4, 0.5) is 5.69 Å². The summed E-state index contributed by atoms with van der Waals surface area (Å²) >= 11 is 0. The Morgan fingerprint density at radius 3 is 2.78 bits per heavy atom. The number of carbonyl (C=O) groups excluding carboxylic acids is 2. The van der Waals surface area contributed by atoms with E-state index in [1.165, 1.54) is 0 Å². The number of benzene rings is 1. The summed E-state index contributed by atoms with van der Waals surface area (Å²) in [6.45, 7) is 0. The molecule has 1 aromatic rings. The molecule has 3 rings (SSSR count). The van der Waals surface area contributed by atoms with E-state index in [0.29, 0.717) is 6.42 Å². The fourth-order valence-electron chi connectivity index (χ4n) is 2.95. The van der Waals surface area contributed by atoms with Crippen molar-refractivity contribution < 1.29 is 9.59 Å². The summed E-state index contributed by atoms with van der Waals surface area (Å²) < 4.78 is 0. The molecule has 1 amide bonds. The van der Waals surface area contributed by atoms with Gasteiger partial charge >= 0.3 is 0 Å². The van der Waals surface area contributed by atoms with E-state index in [-0.39, 0.29) is 5.91 Å². The van der Waals surface area contributed by atoms with Crippen LogP contribution >= 0.6 is 0 Å². The van der Waals surface area contributed by atoms with Crippen molar-refractivity contribution in [2.75, 3.05) is 11.9 Å². The van der Waals surface area contributed by atoms with Gasteiger partial charge in [0.25, 0.3) is 0 Å². The van der Waals surface area contributed by atoms with Crippen LogP contribution in [0.2, 0.25) is 0 Å². The molecule has 0 saturated heterocycles. The number of carbonyl (C=O) groups is 1. The molecule has 0 N–H and O–H groups in total. The third kappa shape index (κ3) is 1.36. The lowest BCUT2D eigenvalue weighted by Crippen LogP contribution is -2.34. The highest BCUT2D eigenvalue weighted by atomic mass is 16.2. The number of likely N-dealkylation sites (N-methyl/N-ethyl adjacent to an activating group) is 1. The third-order valence-corrected chi connectivity index (χ3v) is 4.11. The molecule has 1 fully saturated rings. The molecular formula is C14H14N2O2. The van der Waals surface area contributed by atoms with Gasteiger partial charge in [0.15, 0.2) is 0 Å². The normalized spacial score (nSPS) is 20.1. The Kier molecular flexibility index (Phi) is 2.35. The molecule has 1 heterocycles. The molecule has 0 bridgehead atoms. The van der Waals surface area contributed by atoms with Crippen LogP contribution in [0.3, 0.4) is 0 Å². The van der Waals surface area contributed by atoms with E-state index < -0.39 is 5.54 Å². The van der Waals surface area contributed by atoms with Gasteiger partial charge in [-0.3, -0.25) is 4.79 Å². The fourth-order valence-corrected chi connectivity index (χ4v) is 2.95. The Morgan fingerprint density at radius 2 is 2.17 bits per heavy atom. The van der Waals surface area contributed by atoms with Gasteiger partial charge in [0.1, 0.15) is 5.54 Å². The van der Waals surface area contributed by atoms with E-state index in [4.69, 9.17) is 0 Å². The van der Waals surface area contributed by atoms with Gasteiger partial charge in [0.05, 0.1) is 12.1 Å². The van der Waals surface area contributed by atoms with Crippen LogP contribution < -0.4 is 4.90 Å². The molecule has 0 aromatic heterocycles. The first kappa shape index (κ1) is 11.2. The van der Waals surface area contributed by atoms with Gasteiger partial charge in [-0.15, -0.1) is 0 Å². The zero-order chi connectivity index (χ0) is 12.8. The monoisotopic (exact) mass is 242 g/mol. The van der Waals surface area contributed by atoms with E-state index in [1.54, 1.807) is 18.0 Å². The molecule has 18 heavy (non-hydrogen) atoms. The number of fused-ring (bicyclic) bond motifs is 1. The summed E-state index contributed by atoms with van der Waals surface area (Å²) in [5.41, 5.74) is 2.54. The second-order valence-corrected chi connectivity index (χ2v) is 5.03. The highest BCUT2D eigenvalue weighted by molar-refractivity contribution is 6.02. The van der Waals surface area contributed by atoms with Gasteiger partial charge in [-0.2, -0.15) is 4.99 Å². The second kappa shape index (κ2) is 3.79. The van der Waals surface area contributed by atoms with Gasteiger partial charge in [-0.05, 0) is 24.8 Å². The minimum Gasteiger partial charge on any atom is -0.315 e. The molecule has 0 radical (unpaired) electrons. The van der Waals surface area contributed by atoms with Crippen molar-refractivity contribution >= 4 is 17.7 Å². The lowest BCUT2D eigenvalue weighted by molar-refractivity contribution is -0.117. The first-order chi connectivity index (χ1) is 8.68.